The Morgan fingerprint density at radius 2 is 2.08 bits per heavy atom. The molecule has 0 radical (unpaired) electrons. The highest BCUT2D eigenvalue weighted by Gasteiger charge is 2.56. The summed E-state index contributed by atoms with van der Waals surface area (Å²) in [6.45, 7) is 1.72. The summed E-state index contributed by atoms with van der Waals surface area (Å²) in [5.74, 6) is -3.17. The maximum Gasteiger partial charge on any atom is 0.330 e. The van der Waals surface area contributed by atoms with E-state index in [0.717, 1.165) is 11.3 Å². The van der Waals surface area contributed by atoms with E-state index in [-0.39, 0.29) is 28.7 Å². The number of aryl methyl sites for hydroxylation is 1. The van der Waals surface area contributed by atoms with Crippen molar-refractivity contribution in [3.8, 4) is 0 Å². The van der Waals surface area contributed by atoms with Gasteiger partial charge in [-0.15, -0.1) is 34.4 Å². The molecule has 3 atom stereocenters. The maximum atomic E-state index is 13.0. The monoisotopic (exact) mass is 584 g/mol. The van der Waals surface area contributed by atoms with E-state index in [2.05, 4.69) is 20.4 Å². The van der Waals surface area contributed by atoms with Crippen LogP contribution >= 0.6 is 46.2 Å². The van der Waals surface area contributed by atoms with Crippen molar-refractivity contribution in [2.24, 2.45) is 5.16 Å². The molecule has 1 saturated heterocycles. The van der Waals surface area contributed by atoms with Gasteiger partial charge >= 0.3 is 11.9 Å². The van der Waals surface area contributed by atoms with Crippen molar-refractivity contribution in [1.82, 2.24) is 20.2 Å². The summed E-state index contributed by atoms with van der Waals surface area (Å²) in [5.41, 5.74) is 6.76. The molecule has 17 heteroatoms. The number of aromatic nitrogens is 2. The Labute approximate surface area is 226 Å². The molecule has 0 spiro atoms. The lowest BCUT2D eigenvalue weighted by Crippen LogP contribution is -2.74. The van der Waals surface area contributed by atoms with Crippen molar-refractivity contribution in [1.29, 1.82) is 0 Å². The van der Waals surface area contributed by atoms with E-state index in [1.165, 1.54) is 52.3 Å². The first kappa shape index (κ1) is 26.9. The van der Waals surface area contributed by atoms with Crippen LogP contribution in [0.1, 0.15) is 16.3 Å². The molecule has 2 aromatic heterocycles. The summed E-state index contributed by atoms with van der Waals surface area (Å²) >= 11 is 4.85. The van der Waals surface area contributed by atoms with Crippen LogP contribution in [0.4, 0.5) is 5.13 Å². The summed E-state index contributed by atoms with van der Waals surface area (Å²) in [6, 6.07) is -2.17. The SMILES string of the molecule is CO/N=C(/C(=O)NC1C(=O)N2C(C(=O)O)C(CSc3nc(C)c(CC(=O)O)s3)=CSC12)c1csc(N)n1. The number of thiazole rings is 2. The van der Waals surface area contributed by atoms with Crippen LogP contribution < -0.4 is 11.1 Å². The Bertz CT molecular complexity index is 1320. The lowest BCUT2D eigenvalue weighted by molar-refractivity contribution is -0.159. The van der Waals surface area contributed by atoms with E-state index in [9.17, 15) is 24.3 Å². The van der Waals surface area contributed by atoms with Gasteiger partial charge in [0, 0.05) is 16.0 Å². The van der Waals surface area contributed by atoms with Crippen molar-refractivity contribution in [3.63, 3.8) is 0 Å². The number of fused-ring (bicyclic) bond motifs is 1. The lowest BCUT2D eigenvalue weighted by Gasteiger charge is -2.51. The fourth-order valence-corrected chi connectivity index (χ4v) is 7.75. The number of nitrogens with one attached hydrogen (secondary N) is 1. The molecule has 0 aliphatic carbocycles. The van der Waals surface area contributed by atoms with Crippen LogP contribution in [0.25, 0.3) is 0 Å². The number of β-lactam (4-membered cyclic amide) rings is 1. The highest BCUT2D eigenvalue weighted by Crippen LogP contribution is 2.42. The van der Waals surface area contributed by atoms with Crippen LogP contribution in [0, 0.1) is 6.92 Å². The van der Waals surface area contributed by atoms with E-state index < -0.39 is 41.2 Å². The first-order chi connectivity index (χ1) is 17.6. The third-order valence-corrected chi connectivity index (χ3v) is 9.56. The minimum atomic E-state index is -1.20. The number of oxime groups is 1. The number of anilines is 1. The molecule has 2 aliphatic heterocycles. The Morgan fingerprint density at radius 3 is 2.70 bits per heavy atom. The van der Waals surface area contributed by atoms with Crippen LogP contribution in [0.15, 0.2) is 25.9 Å². The lowest BCUT2D eigenvalue weighted by atomic mass is 9.98. The molecule has 2 aromatic rings. The van der Waals surface area contributed by atoms with Crippen molar-refractivity contribution < 1.29 is 34.2 Å². The Kier molecular flexibility index (Phi) is 8.05. The van der Waals surface area contributed by atoms with E-state index in [1.54, 1.807) is 12.3 Å². The topological polar surface area (TPSA) is 197 Å². The molecule has 3 unspecified atom stereocenters. The molecular weight excluding hydrogens is 565 g/mol. The van der Waals surface area contributed by atoms with Gasteiger partial charge in [-0.25, -0.2) is 14.8 Å². The second-order valence-corrected chi connectivity index (χ2v) is 11.9. The third kappa shape index (κ3) is 5.58. The number of amides is 2. The van der Waals surface area contributed by atoms with Crippen LogP contribution in [0.2, 0.25) is 0 Å². The zero-order chi connectivity index (χ0) is 26.9. The number of aliphatic carboxylic acids is 2. The van der Waals surface area contributed by atoms with Gasteiger partial charge in [-0.1, -0.05) is 16.9 Å². The number of carbonyl (C=O) groups is 4. The minimum Gasteiger partial charge on any atom is -0.481 e. The van der Waals surface area contributed by atoms with Gasteiger partial charge < -0.3 is 31.0 Å². The molecule has 196 valence electrons. The van der Waals surface area contributed by atoms with Crippen LogP contribution in [-0.4, -0.2) is 84.9 Å². The summed E-state index contributed by atoms with van der Waals surface area (Å²) in [5, 5.41) is 28.0. The van der Waals surface area contributed by atoms with Gasteiger partial charge in [0.15, 0.2) is 21.2 Å². The predicted octanol–water partition coefficient (Wildman–Crippen LogP) is 0.997. The van der Waals surface area contributed by atoms with Crippen molar-refractivity contribution >= 4 is 80.8 Å². The molecule has 0 saturated carbocycles. The number of thioether (sulfide) groups is 2. The number of carboxylic acids is 2. The summed E-state index contributed by atoms with van der Waals surface area (Å²) < 4.78 is 0.610. The number of hydrogen-bond donors (Lipinski definition) is 4. The molecule has 0 bridgehead atoms. The van der Waals surface area contributed by atoms with Crippen molar-refractivity contribution in [2.45, 2.75) is 35.1 Å². The Hall–Kier alpha value is -3.15. The van der Waals surface area contributed by atoms with Crippen LogP contribution in [-0.2, 0) is 30.4 Å². The van der Waals surface area contributed by atoms with E-state index in [0.29, 0.717) is 20.5 Å². The number of rotatable bonds is 10. The van der Waals surface area contributed by atoms with Gasteiger partial charge in [-0.2, -0.15) is 0 Å². The average molecular weight is 585 g/mol. The third-order valence-electron chi connectivity index (χ3n) is 5.30. The van der Waals surface area contributed by atoms with Crippen molar-refractivity contribution in [2.75, 3.05) is 18.6 Å². The van der Waals surface area contributed by atoms with E-state index >= 15 is 0 Å². The van der Waals surface area contributed by atoms with Gasteiger partial charge in [0.2, 0.25) is 5.91 Å². The predicted molar refractivity (Wildman–Crippen MR) is 139 cm³/mol. The van der Waals surface area contributed by atoms with Crippen LogP contribution in [0.3, 0.4) is 0 Å². The molecular formula is C20H20N6O7S4. The average Bonchev–Trinajstić information content (AvgIpc) is 3.42. The standard InChI is InChI=1S/C20H20N6O7S4/c1-7-10(3-11(27)28)37-20(22-7)36-5-8-4-34-17-13(16(30)26(17)14(8)18(31)32)24-15(29)12(25-33-2)9-6-35-19(21)23-9/h4,6,13-14,17H,3,5H2,1-2H3,(H2,21,23)(H,24,29)(H,27,28)(H,31,32)/b25-12+. The summed E-state index contributed by atoms with van der Waals surface area (Å²) in [7, 11) is 1.26. The molecule has 2 aliphatic rings. The number of carboxylic acid groups (broad SMARTS) is 2. The zero-order valence-corrected chi connectivity index (χ0v) is 22.5. The zero-order valence-electron chi connectivity index (χ0n) is 19.2. The quantitative estimate of drug-likeness (QED) is 0.134. The largest absolute Gasteiger partial charge is 0.481 e. The van der Waals surface area contributed by atoms with Gasteiger partial charge in [-0.05, 0) is 17.9 Å². The van der Waals surface area contributed by atoms with Gasteiger partial charge in [-0.3, -0.25) is 14.4 Å². The number of nitrogens with two attached hydrogens (primary N) is 1. The maximum absolute atomic E-state index is 13.0. The molecule has 4 rings (SSSR count). The van der Waals surface area contributed by atoms with Gasteiger partial charge in [0.05, 0.1) is 12.1 Å². The molecule has 4 heterocycles. The Morgan fingerprint density at radius 1 is 1.32 bits per heavy atom. The first-order valence-electron chi connectivity index (χ1n) is 10.4. The number of hydrogen-bond acceptors (Lipinski definition) is 13. The number of nitrogens with zero attached hydrogens (tertiary/aromatic N) is 4. The first-order valence-corrected chi connectivity index (χ1v) is 14.1. The normalized spacial score (nSPS) is 21.1. The smallest absolute Gasteiger partial charge is 0.330 e. The summed E-state index contributed by atoms with van der Waals surface area (Å²) in [6.07, 6.45) is -0.135. The molecule has 1 fully saturated rings. The fraction of sp³-hybridized carbons (Fsp3) is 0.350. The highest BCUT2D eigenvalue weighted by atomic mass is 32.2. The summed E-state index contributed by atoms with van der Waals surface area (Å²) in [4.78, 5) is 63.9. The second kappa shape index (κ2) is 11.1. The molecule has 5 N–H and O–H groups in total. The van der Waals surface area contributed by atoms with Crippen molar-refractivity contribution in [3.05, 3.63) is 32.6 Å². The fourth-order valence-electron chi connectivity index (χ4n) is 3.64. The van der Waals surface area contributed by atoms with E-state index in [1.807, 2.05) is 0 Å². The minimum absolute atomic E-state index is 0.135. The second-order valence-electron chi connectivity index (χ2n) is 7.70. The molecule has 37 heavy (non-hydrogen) atoms. The molecule has 2 amide bonds. The highest BCUT2D eigenvalue weighted by molar-refractivity contribution is 8.03. The van der Waals surface area contributed by atoms with E-state index in [4.69, 9.17) is 15.7 Å². The van der Waals surface area contributed by atoms with Gasteiger partial charge in [0.25, 0.3) is 5.91 Å². The Balaban J connectivity index is 1.46. The molecule has 13 nitrogen and oxygen atoms in total. The van der Waals surface area contributed by atoms with Gasteiger partial charge in [0.1, 0.15) is 24.2 Å². The molecule has 0 aromatic carbocycles. The number of carbonyl (C=O) groups excluding carboxylic acids is 2. The van der Waals surface area contributed by atoms with Crippen LogP contribution in [0.5, 0.6) is 0 Å². The number of nitrogen functional groups attached to an aromatic ring is 1.